The van der Waals surface area contributed by atoms with Crippen molar-refractivity contribution in [1.82, 2.24) is 0 Å². The van der Waals surface area contributed by atoms with Crippen LogP contribution in [0.1, 0.15) is 77.7 Å². The van der Waals surface area contributed by atoms with E-state index in [0.29, 0.717) is 5.41 Å². The van der Waals surface area contributed by atoms with Crippen molar-refractivity contribution >= 4 is 15.9 Å². The van der Waals surface area contributed by atoms with Crippen LogP contribution in [0.3, 0.4) is 0 Å². The summed E-state index contributed by atoms with van der Waals surface area (Å²) in [5.41, 5.74) is 3.60. The van der Waals surface area contributed by atoms with Crippen molar-refractivity contribution in [3.05, 3.63) is 35.4 Å². The molecule has 3 heteroatoms. The fourth-order valence-electron chi connectivity index (χ4n) is 5.40. The first-order valence-electron chi connectivity index (χ1n) is 10.5. The predicted molar refractivity (Wildman–Crippen MR) is 117 cm³/mol. The normalized spacial score (nSPS) is 26.7. The van der Waals surface area contributed by atoms with Gasteiger partial charge in [-0.05, 0) is 85.8 Å². The molecule has 0 spiro atoms. The van der Waals surface area contributed by atoms with Crippen LogP contribution >= 0.6 is 15.9 Å². The fourth-order valence-corrected chi connectivity index (χ4v) is 5.80. The minimum atomic E-state index is 0.173. The Morgan fingerprint density at radius 3 is 2.15 bits per heavy atom. The van der Waals surface area contributed by atoms with Crippen molar-refractivity contribution in [3.63, 3.8) is 0 Å². The highest BCUT2D eigenvalue weighted by Gasteiger charge is 2.49. The maximum Gasteiger partial charge on any atom is 0.119 e. The Hall–Kier alpha value is -0.960. The molecule has 0 saturated heterocycles. The van der Waals surface area contributed by atoms with Crippen LogP contribution in [0, 0.1) is 17.3 Å². The lowest BCUT2D eigenvalue weighted by Crippen LogP contribution is -2.47. The summed E-state index contributed by atoms with van der Waals surface area (Å²) in [6.07, 6.45) is 12.4. The van der Waals surface area contributed by atoms with Crippen molar-refractivity contribution in [2.45, 2.75) is 77.6 Å². The molecule has 2 nitrogen and oxygen atoms in total. The third-order valence-electron chi connectivity index (χ3n) is 7.61. The molecule has 2 saturated carbocycles. The standard InChI is InChI=1S/C14H19BrO2.C10H16/c15-7-2-1-4-14(5-3-6-14)11-8-12(16)10-13(17)9-11;1-7-4-5-8-6-9(7)10(8,2)3/h8-10,16-17H,1-7H2;4,8-9H,5-6H2,1-3H3. The van der Waals surface area contributed by atoms with Crippen LogP contribution in [-0.2, 0) is 5.41 Å². The number of halogens is 1. The molecule has 0 aromatic heterocycles. The van der Waals surface area contributed by atoms with E-state index in [4.69, 9.17) is 0 Å². The SMILES string of the molecule is CC1=CCC2CC1C2(C)C.Oc1cc(O)cc(C2(CCCCBr)CCC2)c1. The summed E-state index contributed by atoms with van der Waals surface area (Å²) in [6.45, 7) is 7.13. The summed E-state index contributed by atoms with van der Waals surface area (Å²) < 4.78 is 0. The van der Waals surface area contributed by atoms with E-state index >= 15 is 0 Å². The van der Waals surface area contributed by atoms with Gasteiger partial charge in [0, 0.05) is 11.4 Å². The minimum absolute atomic E-state index is 0.173. The van der Waals surface area contributed by atoms with Crippen LogP contribution in [0.25, 0.3) is 0 Å². The highest BCUT2D eigenvalue weighted by Crippen LogP contribution is 2.58. The molecule has 2 fully saturated rings. The Bertz CT molecular complexity index is 667. The summed E-state index contributed by atoms with van der Waals surface area (Å²) in [6, 6.07) is 5.02. The van der Waals surface area contributed by atoms with Gasteiger partial charge in [0.15, 0.2) is 0 Å². The maximum absolute atomic E-state index is 9.58. The molecular formula is C24H35BrO2. The zero-order valence-electron chi connectivity index (χ0n) is 17.1. The lowest BCUT2D eigenvalue weighted by Gasteiger charge is -2.56. The number of phenols is 2. The lowest BCUT2D eigenvalue weighted by atomic mass is 9.49. The first-order chi connectivity index (χ1) is 12.8. The average Bonchev–Trinajstić information content (AvgIpc) is 2.56. The van der Waals surface area contributed by atoms with Gasteiger partial charge in [0.05, 0.1) is 0 Å². The molecule has 150 valence electrons. The van der Waals surface area contributed by atoms with Gasteiger partial charge in [0.1, 0.15) is 11.5 Å². The highest BCUT2D eigenvalue weighted by molar-refractivity contribution is 9.09. The number of alkyl halides is 1. The van der Waals surface area contributed by atoms with E-state index in [1.807, 2.05) is 12.1 Å². The Labute approximate surface area is 173 Å². The number of allylic oxidation sites excluding steroid dienone is 2. The van der Waals surface area contributed by atoms with Gasteiger partial charge in [0.25, 0.3) is 0 Å². The molecule has 0 heterocycles. The molecular weight excluding hydrogens is 400 g/mol. The van der Waals surface area contributed by atoms with Crippen molar-refractivity contribution in [2.24, 2.45) is 17.3 Å². The number of hydrogen-bond acceptors (Lipinski definition) is 2. The molecule has 5 rings (SSSR count). The van der Waals surface area contributed by atoms with Gasteiger partial charge in [-0.15, -0.1) is 0 Å². The molecule has 0 amide bonds. The summed E-state index contributed by atoms with van der Waals surface area (Å²) in [5, 5.41) is 20.2. The second kappa shape index (κ2) is 8.19. The second-order valence-electron chi connectivity index (χ2n) is 9.51. The number of unbranched alkanes of at least 4 members (excludes halogenated alkanes) is 1. The first kappa shape index (κ1) is 20.8. The van der Waals surface area contributed by atoms with Crippen molar-refractivity contribution < 1.29 is 10.2 Å². The van der Waals surface area contributed by atoms with E-state index in [2.05, 4.69) is 42.8 Å². The third kappa shape index (κ3) is 4.23. The molecule has 0 aliphatic heterocycles. The van der Waals surface area contributed by atoms with Crippen molar-refractivity contribution in [2.75, 3.05) is 5.33 Å². The van der Waals surface area contributed by atoms with Crippen LogP contribution in [0.5, 0.6) is 11.5 Å². The van der Waals surface area contributed by atoms with Crippen LogP contribution in [0.2, 0.25) is 0 Å². The Balaban J connectivity index is 0.000000177. The molecule has 2 bridgehead atoms. The van der Waals surface area contributed by atoms with E-state index in [1.165, 1.54) is 51.0 Å². The molecule has 1 aromatic rings. The molecule has 2 atom stereocenters. The van der Waals surface area contributed by atoms with Gasteiger partial charge in [-0.25, -0.2) is 0 Å². The third-order valence-corrected chi connectivity index (χ3v) is 8.17. The number of fused-ring (bicyclic) bond motifs is 1. The van der Waals surface area contributed by atoms with E-state index in [9.17, 15) is 10.2 Å². The fraction of sp³-hybridized carbons (Fsp3) is 0.667. The zero-order chi connectivity index (χ0) is 19.7. The largest absolute Gasteiger partial charge is 0.508 e. The Morgan fingerprint density at radius 1 is 1.07 bits per heavy atom. The van der Waals surface area contributed by atoms with E-state index < -0.39 is 0 Å². The molecule has 4 aliphatic carbocycles. The van der Waals surface area contributed by atoms with Gasteiger partial charge in [-0.3, -0.25) is 0 Å². The molecule has 0 radical (unpaired) electrons. The summed E-state index contributed by atoms with van der Waals surface area (Å²) in [5.74, 6) is 2.27. The van der Waals surface area contributed by atoms with Gasteiger partial charge in [-0.1, -0.05) is 54.3 Å². The molecule has 1 aromatic carbocycles. The van der Waals surface area contributed by atoms with Crippen LogP contribution in [-0.4, -0.2) is 15.5 Å². The van der Waals surface area contributed by atoms with Crippen LogP contribution in [0.4, 0.5) is 0 Å². The summed E-state index contributed by atoms with van der Waals surface area (Å²) in [4.78, 5) is 0. The Morgan fingerprint density at radius 2 is 1.74 bits per heavy atom. The topological polar surface area (TPSA) is 40.5 Å². The van der Waals surface area contributed by atoms with Gasteiger partial charge in [0.2, 0.25) is 0 Å². The van der Waals surface area contributed by atoms with E-state index in [-0.39, 0.29) is 16.9 Å². The van der Waals surface area contributed by atoms with Gasteiger partial charge in [-0.2, -0.15) is 0 Å². The first-order valence-corrected chi connectivity index (χ1v) is 11.7. The minimum Gasteiger partial charge on any atom is -0.508 e. The number of phenolic OH excluding ortho intramolecular Hbond substituents is 2. The molecule has 27 heavy (non-hydrogen) atoms. The van der Waals surface area contributed by atoms with Gasteiger partial charge < -0.3 is 10.2 Å². The number of aromatic hydroxyl groups is 2. The molecule has 4 aliphatic rings. The predicted octanol–water partition coefficient (Wildman–Crippen LogP) is 7.08. The number of hydrogen-bond donors (Lipinski definition) is 2. The molecule has 2 unspecified atom stereocenters. The summed E-state index contributed by atoms with van der Waals surface area (Å²) >= 11 is 3.46. The zero-order valence-corrected chi connectivity index (χ0v) is 18.7. The van der Waals surface area contributed by atoms with E-state index in [0.717, 1.165) is 29.2 Å². The average molecular weight is 435 g/mol. The van der Waals surface area contributed by atoms with Gasteiger partial charge >= 0.3 is 0 Å². The monoisotopic (exact) mass is 434 g/mol. The lowest BCUT2D eigenvalue weighted by molar-refractivity contribution is -0.00579. The van der Waals surface area contributed by atoms with E-state index in [1.54, 1.807) is 5.57 Å². The van der Waals surface area contributed by atoms with Crippen molar-refractivity contribution in [1.29, 1.82) is 0 Å². The van der Waals surface area contributed by atoms with Crippen LogP contribution < -0.4 is 0 Å². The smallest absolute Gasteiger partial charge is 0.119 e. The number of rotatable bonds is 5. The summed E-state index contributed by atoms with van der Waals surface area (Å²) in [7, 11) is 0. The number of benzene rings is 1. The quantitative estimate of drug-likeness (QED) is 0.295. The maximum atomic E-state index is 9.58. The molecule has 2 N–H and O–H groups in total. The van der Waals surface area contributed by atoms with Crippen LogP contribution in [0.15, 0.2) is 29.8 Å². The second-order valence-corrected chi connectivity index (χ2v) is 10.3. The highest BCUT2D eigenvalue weighted by atomic mass is 79.9. The Kier molecular flexibility index (Phi) is 6.30. The van der Waals surface area contributed by atoms with Crippen molar-refractivity contribution in [3.8, 4) is 11.5 Å².